The fourth-order valence-electron chi connectivity index (χ4n) is 2.82. The van der Waals surface area contributed by atoms with Crippen LogP contribution < -0.4 is 4.74 Å². The fourth-order valence-corrected chi connectivity index (χ4v) is 2.82. The number of rotatable bonds is 4. The summed E-state index contributed by atoms with van der Waals surface area (Å²) in [5.74, 6) is 0.326. The van der Waals surface area contributed by atoms with Crippen LogP contribution in [0.4, 0.5) is 0 Å². The Hall–Kier alpha value is -3.22. The Labute approximate surface area is 144 Å². The highest BCUT2D eigenvalue weighted by molar-refractivity contribution is 5.79. The number of carbonyl (C=O) groups is 1. The van der Waals surface area contributed by atoms with Crippen molar-refractivity contribution in [2.24, 2.45) is 0 Å². The Kier molecular flexibility index (Phi) is 4.12. The van der Waals surface area contributed by atoms with Crippen molar-refractivity contribution in [2.45, 2.75) is 6.42 Å². The molecule has 0 saturated carbocycles. The van der Waals surface area contributed by atoms with E-state index in [2.05, 4.69) is 33.5 Å². The number of fused-ring (bicyclic) bond motifs is 1. The van der Waals surface area contributed by atoms with Crippen molar-refractivity contribution in [1.29, 1.82) is 0 Å². The predicted octanol–water partition coefficient (Wildman–Crippen LogP) is 1.82. The van der Waals surface area contributed by atoms with Crippen molar-refractivity contribution in [3.05, 3.63) is 60.4 Å². The zero-order valence-corrected chi connectivity index (χ0v) is 13.6. The summed E-state index contributed by atoms with van der Waals surface area (Å²) in [4.78, 5) is 14.1. The van der Waals surface area contributed by atoms with Crippen LogP contribution in [-0.4, -0.2) is 50.3 Å². The van der Waals surface area contributed by atoms with E-state index in [1.165, 1.54) is 22.0 Å². The van der Waals surface area contributed by atoms with Gasteiger partial charge < -0.3 is 9.64 Å². The summed E-state index contributed by atoms with van der Waals surface area (Å²) in [5.41, 5.74) is 3.14. The SMILES string of the molecule is O=C(COc1ccc2nncn2n1)N1CC=C(c2ccccc2)CC1. The van der Waals surface area contributed by atoms with Gasteiger partial charge in [-0.3, -0.25) is 4.79 Å². The molecule has 1 aliphatic heterocycles. The molecule has 0 spiro atoms. The largest absolute Gasteiger partial charge is 0.467 e. The molecule has 4 rings (SSSR count). The molecule has 0 unspecified atom stereocenters. The summed E-state index contributed by atoms with van der Waals surface area (Å²) < 4.78 is 7.02. The van der Waals surface area contributed by atoms with Crippen LogP contribution in [0, 0.1) is 0 Å². The number of aromatic nitrogens is 4. The Balaban J connectivity index is 1.35. The summed E-state index contributed by atoms with van der Waals surface area (Å²) in [5, 5.41) is 11.8. The molecule has 1 aliphatic rings. The van der Waals surface area contributed by atoms with Crippen LogP contribution in [0.25, 0.3) is 11.2 Å². The van der Waals surface area contributed by atoms with Crippen LogP contribution in [0.15, 0.2) is 54.9 Å². The van der Waals surface area contributed by atoms with E-state index in [1.54, 1.807) is 17.0 Å². The second kappa shape index (κ2) is 6.72. The Morgan fingerprint density at radius 1 is 1.16 bits per heavy atom. The van der Waals surface area contributed by atoms with Crippen molar-refractivity contribution < 1.29 is 9.53 Å². The van der Waals surface area contributed by atoms with Gasteiger partial charge in [0.1, 0.15) is 6.33 Å². The molecule has 3 heterocycles. The topological polar surface area (TPSA) is 72.6 Å². The highest BCUT2D eigenvalue weighted by atomic mass is 16.5. The lowest BCUT2D eigenvalue weighted by molar-refractivity contribution is -0.133. The molecule has 0 N–H and O–H groups in total. The Bertz CT molecular complexity index is 919. The van der Waals surface area contributed by atoms with Crippen LogP contribution in [0.5, 0.6) is 5.88 Å². The molecule has 7 heteroatoms. The monoisotopic (exact) mass is 335 g/mol. The van der Waals surface area contributed by atoms with Crippen LogP contribution in [0.2, 0.25) is 0 Å². The van der Waals surface area contributed by atoms with Gasteiger partial charge in [-0.05, 0) is 23.6 Å². The van der Waals surface area contributed by atoms with Gasteiger partial charge >= 0.3 is 0 Å². The zero-order chi connectivity index (χ0) is 17.1. The van der Waals surface area contributed by atoms with Gasteiger partial charge in [0.25, 0.3) is 5.91 Å². The number of hydrogen-bond donors (Lipinski definition) is 0. The van der Waals surface area contributed by atoms with E-state index in [9.17, 15) is 4.79 Å². The lowest BCUT2D eigenvalue weighted by atomic mass is 10.00. The normalized spacial score (nSPS) is 14.4. The molecule has 0 fully saturated rings. The van der Waals surface area contributed by atoms with Gasteiger partial charge in [0, 0.05) is 19.2 Å². The van der Waals surface area contributed by atoms with Crippen molar-refractivity contribution in [3.8, 4) is 5.88 Å². The second-order valence-corrected chi connectivity index (χ2v) is 5.78. The number of carbonyl (C=O) groups excluding carboxylic acids is 1. The van der Waals surface area contributed by atoms with Crippen molar-refractivity contribution >= 4 is 17.1 Å². The van der Waals surface area contributed by atoms with Crippen LogP contribution in [-0.2, 0) is 4.79 Å². The first-order chi connectivity index (χ1) is 12.3. The first-order valence-electron chi connectivity index (χ1n) is 8.12. The smallest absolute Gasteiger partial charge is 0.260 e. The minimum absolute atomic E-state index is 0.0326. The Morgan fingerprint density at radius 3 is 2.84 bits per heavy atom. The van der Waals surface area contributed by atoms with E-state index < -0.39 is 0 Å². The lowest BCUT2D eigenvalue weighted by Gasteiger charge is -2.26. The van der Waals surface area contributed by atoms with Gasteiger partial charge in [-0.15, -0.1) is 15.3 Å². The summed E-state index contributed by atoms with van der Waals surface area (Å²) >= 11 is 0. The third-order valence-corrected chi connectivity index (χ3v) is 4.19. The summed E-state index contributed by atoms with van der Waals surface area (Å²) in [7, 11) is 0. The number of amides is 1. The lowest BCUT2D eigenvalue weighted by Crippen LogP contribution is -2.37. The third-order valence-electron chi connectivity index (χ3n) is 4.19. The van der Waals surface area contributed by atoms with Gasteiger partial charge in [-0.25, -0.2) is 0 Å². The molecule has 0 radical (unpaired) electrons. The molecule has 0 saturated heterocycles. The number of hydrogen-bond acceptors (Lipinski definition) is 5. The van der Waals surface area contributed by atoms with Gasteiger partial charge in [-0.2, -0.15) is 4.52 Å². The van der Waals surface area contributed by atoms with Gasteiger partial charge in [-0.1, -0.05) is 36.4 Å². The van der Waals surface area contributed by atoms with E-state index in [0.717, 1.165) is 6.42 Å². The second-order valence-electron chi connectivity index (χ2n) is 5.78. The molecule has 3 aromatic rings. The van der Waals surface area contributed by atoms with Gasteiger partial charge in [0.2, 0.25) is 5.88 Å². The maximum Gasteiger partial charge on any atom is 0.260 e. The predicted molar refractivity (Wildman–Crippen MR) is 91.9 cm³/mol. The van der Waals surface area contributed by atoms with Crippen molar-refractivity contribution in [3.63, 3.8) is 0 Å². The third kappa shape index (κ3) is 3.35. The maximum atomic E-state index is 12.3. The van der Waals surface area contributed by atoms with Gasteiger partial charge in [0.15, 0.2) is 12.3 Å². The zero-order valence-electron chi connectivity index (χ0n) is 13.6. The number of ether oxygens (including phenoxy) is 1. The summed E-state index contributed by atoms with van der Waals surface area (Å²) in [6.45, 7) is 1.26. The van der Waals surface area contributed by atoms with Crippen molar-refractivity contribution in [1.82, 2.24) is 24.7 Å². The molecular weight excluding hydrogens is 318 g/mol. The van der Waals surface area contributed by atoms with E-state index >= 15 is 0 Å². The van der Waals surface area contributed by atoms with Crippen LogP contribution >= 0.6 is 0 Å². The molecule has 2 aromatic heterocycles. The van der Waals surface area contributed by atoms with Crippen molar-refractivity contribution in [2.75, 3.05) is 19.7 Å². The molecule has 0 atom stereocenters. The molecule has 1 amide bonds. The van der Waals surface area contributed by atoms with Gasteiger partial charge in [0.05, 0.1) is 0 Å². The van der Waals surface area contributed by atoms with E-state index in [1.807, 2.05) is 18.2 Å². The highest BCUT2D eigenvalue weighted by Gasteiger charge is 2.18. The van der Waals surface area contributed by atoms with E-state index in [0.29, 0.717) is 24.6 Å². The fraction of sp³-hybridized carbons (Fsp3) is 0.222. The van der Waals surface area contributed by atoms with Crippen LogP contribution in [0.3, 0.4) is 0 Å². The standard InChI is InChI=1S/C18H17N5O2/c24-18(12-25-17-7-6-16-20-19-13-23(16)21-17)22-10-8-15(9-11-22)14-4-2-1-3-5-14/h1-8,13H,9-12H2. The average Bonchev–Trinajstić information content (AvgIpc) is 3.15. The average molecular weight is 335 g/mol. The first kappa shape index (κ1) is 15.3. The van der Waals surface area contributed by atoms with E-state index in [4.69, 9.17) is 4.74 Å². The van der Waals surface area contributed by atoms with Crippen LogP contribution in [0.1, 0.15) is 12.0 Å². The molecule has 7 nitrogen and oxygen atoms in total. The molecular formula is C18H17N5O2. The summed E-state index contributed by atoms with van der Waals surface area (Å²) in [6.07, 6.45) is 4.45. The molecule has 0 bridgehead atoms. The number of benzene rings is 1. The molecule has 25 heavy (non-hydrogen) atoms. The molecule has 0 aliphatic carbocycles. The maximum absolute atomic E-state index is 12.3. The molecule has 126 valence electrons. The minimum Gasteiger partial charge on any atom is -0.467 e. The summed E-state index contributed by atoms with van der Waals surface area (Å²) in [6, 6.07) is 13.7. The Morgan fingerprint density at radius 2 is 2.04 bits per heavy atom. The highest BCUT2D eigenvalue weighted by Crippen LogP contribution is 2.22. The first-order valence-corrected chi connectivity index (χ1v) is 8.12. The quantitative estimate of drug-likeness (QED) is 0.727. The minimum atomic E-state index is -0.0472. The molecule has 1 aromatic carbocycles. The van der Waals surface area contributed by atoms with E-state index in [-0.39, 0.29) is 12.5 Å². The number of nitrogens with zero attached hydrogens (tertiary/aromatic N) is 5.